The zero-order chi connectivity index (χ0) is 18.6. The average Bonchev–Trinajstić information content (AvgIpc) is 3.30. The molecule has 3 rings (SSSR count). The van der Waals surface area contributed by atoms with Crippen molar-refractivity contribution >= 4 is 41.3 Å². The zero-order valence-electron chi connectivity index (χ0n) is 16.4. The van der Waals surface area contributed by atoms with E-state index in [0.717, 1.165) is 29.0 Å². The molecule has 0 aliphatic heterocycles. The molecule has 1 aromatic carbocycles. The van der Waals surface area contributed by atoms with Crippen LogP contribution in [0.5, 0.6) is 5.75 Å². The van der Waals surface area contributed by atoms with Gasteiger partial charge in [-0.15, -0.1) is 35.3 Å². The van der Waals surface area contributed by atoms with Crippen molar-refractivity contribution in [2.75, 3.05) is 20.7 Å². The van der Waals surface area contributed by atoms with E-state index in [9.17, 15) is 0 Å². The molecule has 0 saturated heterocycles. The van der Waals surface area contributed by atoms with Gasteiger partial charge in [-0.1, -0.05) is 26.0 Å². The van der Waals surface area contributed by atoms with E-state index >= 15 is 0 Å². The van der Waals surface area contributed by atoms with Crippen LogP contribution < -0.4 is 15.4 Å². The maximum atomic E-state index is 5.26. The summed E-state index contributed by atoms with van der Waals surface area (Å²) in [4.78, 5) is 9.01. The van der Waals surface area contributed by atoms with Gasteiger partial charge in [0.05, 0.1) is 19.3 Å². The number of rotatable bonds is 7. The molecule has 0 bridgehead atoms. The highest BCUT2D eigenvalue weighted by atomic mass is 127. The molecule has 0 amide bonds. The van der Waals surface area contributed by atoms with E-state index < -0.39 is 0 Å². The minimum atomic E-state index is 0. The lowest BCUT2D eigenvalue weighted by atomic mass is 9.96. The van der Waals surface area contributed by atoms with E-state index in [4.69, 9.17) is 4.74 Å². The first-order chi connectivity index (χ1) is 12.6. The predicted molar refractivity (Wildman–Crippen MR) is 124 cm³/mol. The Morgan fingerprint density at radius 1 is 1.26 bits per heavy atom. The second-order valence-electron chi connectivity index (χ2n) is 7.11. The van der Waals surface area contributed by atoms with Crippen LogP contribution in [0.4, 0.5) is 0 Å². The van der Waals surface area contributed by atoms with Crippen LogP contribution in [-0.4, -0.2) is 31.6 Å². The number of ether oxygens (including phenoxy) is 1. The fraction of sp³-hybridized carbons (Fsp3) is 0.500. The number of methoxy groups -OCH3 is 1. The third-order valence-electron chi connectivity index (χ3n) is 4.94. The molecule has 1 aliphatic rings. The Balaban J connectivity index is 0.00000261. The highest BCUT2D eigenvalue weighted by Gasteiger charge is 2.44. The maximum absolute atomic E-state index is 5.26. The molecule has 1 fully saturated rings. The van der Waals surface area contributed by atoms with Crippen LogP contribution in [0.2, 0.25) is 0 Å². The molecule has 0 spiro atoms. The number of nitrogens with zero attached hydrogens (tertiary/aromatic N) is 2. The third-order valence-corrected chi connectivity index (χ3v) is 5.81. The summed E-state index contributed by atoms with van der Waals surface area (Å²) >= 11 is 1.70. The van der Waals surface area contributed by atoms with Crippen molar-refractivity contribution in [2.24, 2.45) is 4.99 Å². The molecule has 2 aromatic rings. The summed E-state index contributed by atoms with van der Waals surface area (Å²) in [6.07, 6.45) is 2.40. The van der Waals surface area contributed by atoms with E-state index in [1.165, 1.54) is 18.4 Å². The molecule has 148 valence electrons. The van der Waals surface area contributed by atoms with Crippen molar-refractivity contribution in [1.82, 2.24) is 15.6 Å². The lowest BCUT2D eigenvalue weighted by molar-refractivity contribution is 0.414. The van der Waals surface area contributed by atoms with Crippen LogP contribution in [0.15, 0.2) is 34.6 Å². The minimum Gasteiger partial charge on any atom is -0.497 e. The van der Waals surface area contributed by atoms with Gasteiger partial charge in [-0.3, -0.25) is 4.99 Å². The molecule has 7 heteroatoms. The lowest BCUT2D eigenvalue weighted by Gasteiger charge is -2.19. The second kappa shape index (κ2) is 9.73. The van der Waals surface area contributed by atoms with Gasteiger partial charge < -0.3 is 15.4 Å². The smallest absolute Gasteiger partial charge is 0.191 e. The Kier molecular flexibility index (Phi) is 7.91. The molecule has 2 N–H and O–H groups in total. The Labute approximate surface area is 183 Å². The van der Waals surface area contributed by atoms with Crippen molar-refractivity contribution in [3.8, 4) is 5.75 Å². The SMILES string of the molecule is CN=C(NCc1nc(C(C)C)cs1)NCC1(c2ccc(OC)cc2)CC1.I. The Morgan fingerprint density at radius 3 is 2.48 bits per heavy atom. The van der Waals surface area contributed by atoms with Crippen molar-refractivity contribution in [3.63, 3.8) is 0 Å². The van der Waals surface area contributed by atoms with Gasteiger partial charge >= 0.3 is 0 Å². The van der Waals surface area contributed by atoms with Crippen LogP contribution in [0.25, 0.3) is 0 Å². The summed E-state index contributed by atoms with van der Waals surface area (Å²) in [6, 6.07) is 8.42. The maximum Gasteiger partial charge on any atom is 0.191 e. The number of thiazole rings is 1. The largest absolute Gasteiger partial charge is 0.497 e. The van der Waals surface area contributed by atoms with E-state index in [2.05, 4.69) is 52.0 Å². The van der Waals surface area contributed by atoms with Gasteiger partial charge in [0.1, 0.15) is 10.8 Å². The topological polar surface area (TPSA) is 58.5 Å². The van der Waals surface area contributed by atoms with Crippen LogP contribution in [-0.2, 0) is 12.0 Å². The first-order valence-electron chi connectivity index (χ1n) is 9.09. The van der Waals surface area contributed by atoms with E-state index in [1.807, 2.05) is 19.2 Å². The lowest BCUT2D eigenvalue weighted by Crippen LogP contribution is -2.40. The Hall–Kier alpha value is -1.35. The average molecular weight is 500 g/mol. The van der Waals surface area contributed by atoms with Gasteiger partial charge in [0, 0.05) is 24.4 Å². The summed E-state index contributed by atoms with van der Waals surface area (Å²) in [5.74, 6) is 2.20. The van der Waals surface area contributed by atoms with Gasteiger partial charge in [-0.25, -0.2) is 4.98 Å². The zero-order valence-corrected chi connectivity index (χ0v) is 19.6. The van der Waals surface area contributed by atoms with Gasteiger partial charge in [0.2, 0.25) is 0 Å². The number of aliphatic imine (C=N–C) groups is 1. The monoisotopic (exact) mass is 500 g/mol. The molecule has 0 unspecified atom stereocenters. The number of nitrogens with one attached hydrogen (secondary N) is 2. The molecule has 1 aliphatic carbocycles. The molecule has 0 radical (unpaired) electrons. The van der Waals surface area contributed by atoms with Gasteiger partial charge in [-0.2, -0.15) is 0 Å². The number of hydrogen-bond acceptors (Lipinski definition) is 4. The van der Waals surface area contributed by atoms with Crippen molar-refractivity contribution in [1.29, 1.82) is 0 Å². The standard InChI is InChI=1S/C20H28N4OS.HI/c1-14(2)17-12-26-18(24-17)11-22-19(21-3)23-13-20(9-10-20)15-5-7-16(25-4)8-6-15;/h5-8,12,14H,9-11,13H2,1-4H3,(H2,21,22,23);1H. The fourth-order valence-electron chi connectivity index (χ4n) is 2.97. The number of guanidine groups is 1. The van der Waals surface area contributed by atoms with Gasteiger partial charge in [0.25, 0.3) is 0 Å². The molecular formula is C20H29IN4OS. The predicted octanol–water partition coefficient (Wildman–Crippen LogP) is 4.29. The molecule has 5 nitrogen and oxygen atoms in total. The van der Waals surface area contributed by atoms with Crippen molar-refractivity contribution < 1.29 is 4.74 Å². The molecular weight excluding hydrogens is 471 g/mol. The molecule has 27 heavy (non-hydrogen) atoms. The Morgan fingerprint density at radius 2 is 1.96 bits per heavy atom. The fourth-order valence-corrected chi connectivity index (χ4v) is 3.86. The van der Waals surface area contributed by atoms with E-state index in [-0.39, 0.29) is 29.4 Å². The van der Waals surface area contributed by atoms with Crippen molar-refractivity contribution in [3.05, 3.63) is 45.9 Å². The molecule has 1 aromatic heterocycles. The van der Waals surface area contributed by atoms with Gasteiger partial charge in [-0.05, 0) is 36.5 Å². The van der Waals surface area contributed by atoms with Crippen molar-refractivity contribution in [2.45, 2.75) is 44.6 Å². The van der Waals surface area contributed by atoms with Crippen LogP contribution in [0.3, 0.4) is 0 Å². The van der Waals surface area contributed by atoms with Crippen LogP contribution in [0.1, 0.15) is 48.9 Å². The highest BCUT2D eigenvalue weighted by molar-refractivity contribution is 14.0. The molecule has 1 heterocycles. The number of hydrogen-bond donors (Lipinski definition) is 2. The number of halogens is 1. The summed E-state index contributed by atoms with van der Waals surface area (Å²) in [6.45, 7) is 5.92. The Bertz CT molecular complexity index is 754. The second-order valence-corrected chi connectivity index (χ2v) is 8.05. The van der Waals surface area contributed by atoms with E-state index in [1.54, 1.807) is 18.4 Å². The number of benzene rings is 1. The molecule has 1 saturated carbocycles. The normalized spacial score (nSPS) is 15.2. The summed E-state index contributed by atoms with van der Waals surface area (Å²) in [5, 5.41) is 10.1. The summed E-state index contributed by atoms with van der Waals surface area (Å²) in [7, 11) is 3.51. The van der Waals surface area contributed by atoms with Crippen LogP contribution >= 0.6 is 35.3 Å². The minimum absolute atomic E-state index is 0. The van der Waals surface area contributed by atoms with Crippen LogP contribution in [0, 0.1) is 0 Å². The number of aromatic nitrogens is 1. The molecule has 0 atom stereocenters. The third kappa shape index (κ3) is 5.57. The first kappa shape index (κ1) is 21.9. The van der Waals surface area contributed by atoms with E-state index in [0.29, 0.717) is 12.5 Å². The first-order valence-corrected chi connectivity index (χ1v) is 9.97. The summed E-state index contributed by atoms with van der Waals surface area (Å²) < 4.78 is 5.26. The summed E-state index contributed by atoms with van der Waals surface area (Å²) in [5.41, 5.74) is 2.74. The quantitative estimate of drug-likeness (QED) is 0.339. The highest BCUT2D eigenvalue weighted by Crippen LogP contribution is 2.47. The van der Waals surface area contributed by atoms with Gasteiger partial charge in [0.15, 0.2) is 5.96 Å².